The average molecular weight is 263 g/mol. The van der Waals surface area contributed by atoms with Gasteiger partial charge in [-0.05, 0) is 31.6 Å². The number of nitrogens with one attached hydrogen (secondary N) is 2. The SMILES string of the molecule is CCNc1cc(NC2CCCC(C)(C)C2)nc(N)n1. The largest absolute Gasteiger partial charge is 0.370 e. The zero-order valence-electron chi connectivity index (χ0n) is 12.2. The molecule has 0 radical (unpaired) electrons. The fourth-order valence-corrected chi connectivity index (χ4v) is 2.84. The van der Waals surface area contributed by atoms with Gasteiger partial charge in [-0.3, -0.25) is 0 Å². The van der Waals surface area contributed by atoms with Crippen LogP contribution in [0, 0.1) is 5.41 Å². The van der Waals surface area contributed by atoms with Crippen LogP contribution in [-0.2, 0) is 0 Å². The molecule has 1 aromatic heterocycles. The molecule has 1 atom stereocenters. The lowest BCUT2D eigenvalue weighted by molar-refractivity contribution is 0.229. The van der Waals surface area contributed by atoms with Crippen LogP contribution in [0.4, 0.5) is 17.6 Å². The highest BCUT2D eigenvalue weighted by Gasteiger charge is 2.28. The molecule has 0 amide bonds. The topological polar surface area (TPSA) is 75.9 Å². The Labute approximate surface area is 115 Å². The van der Waals surface area contributed by atoms with Gasteiger partial charge in [0.1, 0.15) is 11.6 Å². The summed E-state index contributed by atoms with van der Waals surface area (Å²) in [6.45, 7) is 7.53. The van der Waals surface area contributed by atoms with E-state index < -0.39 is 0 Å². The number of aromatic nitrogens is 2. The molecular weight excluding hydrogens is 238 g/mol. The molecule has 0 aliphatic heterocycles. The summed E-state index contributed by atoms with van der Waals surface area (Å²) in [7, 11) is 0. The van der Waals surface area contributed by atoms with E-state index in [1.54, 1.807) is 0 Å². The number of anilines is 3. The molecule has 1 heterocycles. The van der Waals surface area contributed by atoms with Crippen molar-refractivity contribution in [1.82, 2.24) is 9.97 Å². The van der Waals surface area contributed by atoms with Gasteiger partial charge in [-0.2, -0.15) is 9.97 Å². The minimum atomic E-state index is 0.316. The Balaban J connectivity index is 2.06. The van der Waals surface area contributed by atoms with Crippen molar-refractivity contribution in [2.45, 2.75) is 52.5 Å². The molecule has 4 N–H and O–H groups in total. The summed E-state index contributed by atoms with van der Waals surface area (Å²) in [6.07, 6.45) is 4.95. The fraction of sp³-hybridized carbons (Fsp3) is 0.714. The first kappa shape index (κ1) is 13.9. The molecule has 1 saturated carbocycles. The summed E-state index contributed by atoms with van der Waals surface area (Å²) >= 11 is 0. The molecule has 1 unspecified atom stereocenters. The second-order valence-electron chi connectivity index (χ2n) is 6.13. The van der Waals surface area contributed by atoms with Crippen LogP contribution in [-0.4, -0.2) is 22.6 Å². The third kappa shape index (κ3) is 3.98. The molecule has 5 nitrogen and oxygen atoms in total. The molecule has 2 rings (SSSR count). The van der Waals surface area contributed by atoms with Gasteiger partial charge >= 0.3 is 0 Å². The van der Waals surface area contributed by atoms with Crippen molar-refractivity contribution in [2.75, 3.05) is 22.9 Å². The van der Waals surface area contributed by atoms with Gasteiger partial charge < -0.3 is 16.4 Å². The first-order valence-corrected chi connectivity index (χ1v) is 7.13. The van der Waals surface area contributed by atoms with Crippen LogP contribution < -0.4 is 16.4 Å². The monoisotopic (exact) mass is 263 g/mol. The number of nitrogen functional groups attached to an aromatic ring is 1. The second-order valence-corrected chi connectivity index (χ2v) is 6.13. The van der Waals surface area contributed by atoms with E-state index in [-0.39, 0.29) is 0 Å². The van der Waals surface area contributed by atoms with Gasteiger partial charge in [0.2, 0.25) is 5.95 Å². The number of hydrogen-bond donors (Lipinski definition) is 3. The van der Waals surface area contributed by atoms with Crippen LogP contribution in [0.3, 0.4) is 0 Å². The maximum Gasteiger partial charge on any atom is 0.223 e. The van der Waals surface area contributed by atoms with Crippen molar-refractivity contribution in [1.29, 1.82) is 0 Å². The fourth-order valence-electron chi connectivity index (χ4n) is 2.84. The lowest BCUT2D eigenvalue weighted by Crippen LogP contribution is -2.32. The van der Waals surface area contributed by atoms with Crippen molar-refractivity contribution < 1.29 is 0 Å². The molecule has 1 aromatic rings. The Morgan fingerprint density at radius 2 is 2.11 bits per heavy atom. The van der Waals surface area contributed by atoms with Crippen LogP contribution in [0.25, 0.3) is 0 Å². The maximum atomic E-state index is 5.75. The van der Waals surface area contributed by atoms with Crippen molar-refractivity contribution in [2.24, 2.45) is 5.41 Å². The van der Waals surface area contributed by atoms with Crippen molar-refractivity contribution in [3.8, 4) is 0 Å². The van der Waals surface area contributed by atoms with E-state index in [1.807, 2.05) is 13.0 Å². The summed E-state index contributed by atoms with van der Waals surface area (Å²) in [5.41, 5.74) is 6.16. The average Bonchev–Trinajstić information content (AvgIpc) is 2.26. The molecule has 5 heteroatoms. The predicted molar refractivity (Wildman–Crippen MR) is 80.3 cm³/mol. The molecule has 0 bridgehead atoms. The van der Waals surface area contributed by atoms with Crippen LogP contribution in [0.15, 0.2) is 6.07 Å². The van der Waals surface area contributed by atoms with E-state index in [0.717, 1.165) is 18.2 Å². The minimum absolute atomic E-state index is 0.316. The van der Waals surface area contributed by atoms with E-state index >= 15 is 0 Å². The summed E-state index contributed by atoms with van der Waals surface area (Å²) in [5, 5.41) is 6.68. The summed E-state index contributed by atoms with van der Waals surface area (Å²) < 4.78 is 0. The molecule has 0 aromatic carbocycles. The molecule has 0 spiro atoms. The van der Waals surface area contributed by atoms with Crippen molar-refractivity contribution >= 4 is 17.6 Å². The quantitative estimate of drug-likeness (QED) is 0.778. The lowest BCUT2D eigenvalue weighted by atomic mass is 9.75. The molecular formula is C14H25N5. The first-order chi connectivity index (χ1) is 8.98. The molecule has 1 fully saturated rings. The Kier molecular flexibility index (Phi) is 4.12. The highest BCUT2D eigenvalue weighted by Crippen LogP contribution is 2.36. The molecule has 19 heavy (non-hydrogen) atoms. The number of nitrogens with two attached hydrogens (primary N) is 1. The molecule has 1 aliphatic carbocycles. The smallest absolute Gasteiger partial charge is 0.223 e. The Hall–Kier alpha value is -1.52. The second kappa shape index (κ2) is 5.63. The van der Waals surface area contributed by atoms with Crippen LogP contribution in [0.5, 0.6) is 0 Å². The summed E-state index contributed by atoms with van der Waals surface area (Å²) in [5.74, 6) is 1.93. The minimum Gasteiger partial charge on any atom is -0.370 e. The molecule has 1 aliphatic rings. The molecule has 106 valence electrons. The van der Waals surface area contributed by atoms with E-state index in [0.29, 0.717) is 17.4 Å². The third-order valence-electron chi connectivity index (χ3n) is 3.66. The van der Waals surface area contributed by atoms with E-state index in [1.165, 1.54) is 25.7 Å². The first-order valence-electron chi connectivity index (χ1n) is 7.13. The van der Waals surface area contributed by atoms with Gasteiger partial charge in [0.15, 0.2) is 0 Å². The Bertz CT molecular complexity index is 430. The van der Waals surface area contributed by atoms with E-state index in [4.69, 9.17) is 5.73 Å². The van der Waals surface area contributed by atoms with Crippen LogP contribution in [0.1, 0.15) is 46.5 Å². The number of nitrogens with zero attached hydrogens (tertiary/aromatic N) is 2. The Morgan fingerprint density at radius 1 is 1.37 bits per heavy atom. The highest BCUT2D eigenvalue weighted by atomic mass is 15.1. The van der Waals surface area contributed by atoms with Crippen molar-refractivity contribution in [3.05, 3.63) is 6.07 Å². The zero-order valence-corrected chi connectivity index (χ0v) is 12.2. The number of hydrogen-bond acceptors (Lipinski definition) is 5. The van der Waals surface area contributed by atoms with E-state index in [2.05, 4.69) is 34.4 Å². The van der Waals surface area contributed by atoms with Crippen LogP contribution in [0.2, 0.25) is 0 Å². The van der Waals surface area contributed by atoms with Gasteiger partial charge in [-0.1, -0.05) is 20.3 Å². The standard InChI is InChI=1S/C14H25N5/c1-4-16-11-8-12(19-13(15)18-11)17-10-6-5-7-14(2,3)9-10/h8,10H,4-7,9H2,1-3H3,(H4,15,16,17,18,19). The van der Waals surface area contributed by atoms with Gasteiger partial charge in [-0.15, -0.1) is 0 Å². The highest BCUT2D eigenvalue weighted by molar-refractivity contribution is 5.51. The Morgan fingerprint density at radius 3 is 2.79 bits per heavy atom. The van der Waals surface area contributed by atoms with E-state index in [9.17, 15) is 0 Å². The predicted octanol–water partition coefficient (Wildman–Crippen LogP) is 2.87. The van der Waals surface area contributed by atoms with Gasteiger partial charge in [0.25, 0.3) is 0 Å². The van der Waals surface area contributed by atoms with Gasteiger partial charge in [0.05, 0.1) is 0 Å². The maximum absolute atomic E-state index is 5.75. The molecule has 0 saturated heterocycles. The summed E-state index contributed by atoms with van der Waals surface area (Å²) in [4.78, 5) is 8.43. The summed E-state index contributed by atoms with van der Waals surface area (Å²) in [6, 6.07) is 2.41. The zero-order chi connectivity index (χ0) is 13.9. The lowest BCUT2D eigenvalue weighted by Gasteiger charge is -2.35. The van der Waals surface area contributed by atoms with Gasteiger partial charge in [-0.25, -0.2) is 0 Å². The normalized spacial score (nSPS) is 21.9. The van der Waals surface area contributed by atoms with Gasteiger partial charge in [0, 0.05) is 18.7 Å². The van der Waals surface area contributed by atoms with Crippen molar-refractivity contribution in [3.63, 3.8) is 0 Å². The van der Waals surface area contributed by atoms with Crippen LogP contribution >= 0.6 is 0 Å². The number of rotatable bonds is 4. The third-order valence-corrected chi connectivity index (χ3v) is 3.66.